The van der Waals surface area contributed by atoms with E-state index in [1.807, 2.05) is 13.8 Å². The molecule has 0 rings (SSSR count). The zero-order valence-corrected chi connectivity index (χ0v) is 6.52. The molecular weight excluding hydrogens is 112 g/mol. The van der Waals surface area contributed by atoms with E-state index in [0.29, 0.717) is 0 Å². The van der Waals surface area contributed by atoms with Gasteiger partial charge in [-0.1, -0.05) is 19.9 Å². The van der Waals surface area contributed by atoms with Crippen molar-refractivity contribution in [2.75, 3.05) is 0 Å². The second-order valence-corrected chi connectivity index (χ2v) is 2.28. The number of hydrogen-bond acceptors (Lipinski definition) is 1. The van der Waals surface area contributed by atoms with Gasteiger partial charge in [0.05, 0.1) is 6.10 Å². The summed E-state index contributed by atoms with van der Waals surface area (Å²) >= 11 is 0. The molecule has 0 saturated heterocycles. The molecule has 0 spiro atoms. The topological polar surface area (TPSA) is 20.2 Å². The Bertz CT molecular complexity index is 94.7. The average molecular weight is 128 g/mol. The highest BCUT2D eigenvalue weighted by atomic mass is 16.3. The summed E-state index contributed by atoms with van der Waals surface area (Å²) in [5, 5.41) is 9.19. The van der Waals surface area contributed by atoms with Gasteiger partial charge in [0.1, 0.15) is 0 Å². The number of hydrogen-bond donors (Lipinski definition) is 1. The first-order valence-electron chi connectivity index (χ1n) is 3.57. The minimum atomic E-state index is -0.218. The SMILES string of the molecule is CC/C=C(/C)[C@H](O)CC. The molecule has 0 fully saturated rings. The van der Waals surface area contributed by atoms with Gasteiger partial charge < -0.3 is 5.11 Å². The maximum absolute atomic E-state index is 9.19. The Morgan fingerprint density at radius 3 is 2.44 bits per heavy atom. The van der Waals surface area contributed by atoms with Crippen molar-refractivity contribution in [3.8, 4) is 0 Å². The molecule has 0 aromatic carbocycles. The van der Waals surface area contributed by atoms with Crippen molar-refractivity contribution in [2.45, 2.75) is 39.7 Å². The summed E-state index contributed by atoms with van der Waals surface area (Å²) < 4.78 is 0. The Kier molecular flexibility index (Phi) is 4.41. The summed E-state index contributed by atoms with van der Waals surface area (Å²) in [6.07, 6.45) is 3.68. The minimum absolute atomic E-state index is 0.218. The third kappa shape index (κ3) is 3.31. The van der Waals surface area contributed by atoms with Crippen LogP contribution in [0.1, 0.15) is 33.6 Å². The van der Waals surface area contributed by atoms with Gasteiger partial charge in [-0.25, -0.2) is 0 Å². The summed E-state index contributed by atoms with van der Waals surface area (Å²) in [6, 6.07) is 0. The minimum Gasteiger partial charge on any atom is -0.389 e. The van der Waals surface area contributed by atoms with Crippen LogP contribution in [0.25, 0.3) is 0 Å². The summed E-state index contributed by atoms with van der Waals surface area (Å²) in [7, 11) is 0. The van der Waals surface area contributed by atoms with E-state index in [4.69, 9.17) is 0 Å². The van der Waals surface area contributed by atoms with Crippen LogP contribution < -0.4 is 0 Å². The molecular formula is C8H16O. The molecule has 0 radical (unpaired) electrons. The number of aliphatic hydroxyl groups excluding tert-OH is 1. The molecule has 0 aromatic heterocycles. The van der Waals surface area contributed by atoms with Crippen LogP contribution in [0.5, 0.6) is 0 Å². The summed E-state index contributed by atoms with van der Waals surface area (Å²) in [6.45, 7) is 6.03. The van der Waals surface area contributed by atoms with Gasteiger partial charge in [0.2, 0.25) is 0 Å². The zero-order chi connectivity index (χ0) is 7.28. The van der Waals surface area contributed by atoms with Crippen LogP contribution in [-0.4, -0.2) is 11.2 Å². The fourth-order valence-corrected chi connectivity index (χ4v) is 0.780. The third-order valence-electron chi connectivity index (χ3n) is 1.44. The van der Waals surface area contributed by atoms with Gasteiger partial charge in [0.15, 0.2) is 0 Å². The molecule has 0 heterocycles. The highest BCUT2D eigenvalue weighted by Crippen LogP contribution is 2.04. The Morgan fingerprint density at radius 1 is 1.56 bits per heavy atom. The van der Waals surface area contributed by atoms with Crippen molar-refractivity contribution in [3.63, 3.8) is 0 Å². The van der Waals surface area contributed by atoms with E-state index >= 15 is 0 Å². The van der Waals surface area contributed by atoms with E-state index in [9.17, 15) is 5.11 Å². The van der Waals surface area contributed by atoms with E-state index in [1.165, 1.54) is 0 Å². The monoisotopic (exact) mass is 128 g/mol. The van der Waals surface area contributed by atoms with Crippen molar-refractivity contribution < 1.29 is 5.11 Å². The Morgan fingerprint density at radius 2 is 2.11 bits per heavy atom. The van der Waals surface area contributed by atoms with Crippen molar-refractivity contribution in [2.24, 2.45) is 0 Å². The lowest BCUT2D eigenvalue weighted by molar-refractivity contribution is 0.206. The molecule has 1 nitrogen and oxygen atoms in total. The first-order valence-corrected chi connectivity index (χ1v) is 3.57. The van der Waals surface area contributed by atoms with Crippen molar-refractivity contribution in [3.05, 3.63) is 11.6 Å². The van der Waals surface area contributed by atoms with Crippen LogP contribution in [0.2, 0.25) is 0 Å². The highest BCUT2D eigenvalue weighted by molar-refractivity contribution is 5.03. The third-order valence-corrected chi connectivity index (χ3v) is 1.44. The van der Waals surface area contributed by atoms with Crippen LogP contribution in [0.15, 0.2) is 11.6 Å². The molecule has 0 aliphatic carbocycles. The molecule has 1 heteroatoms. The quantitative estimate of drug-likeness (QED) is 0.577. The van der Waals surface area contributed by atoms with Crippen LogP contribution in [0, 0.1) is 0 Å². The normalized spacial score (nSPS) is 15.8. The van der Waals surface area contributed by atoms with Crippen molar-refractivity contribution in [1.29, 1.82) is 0 Å². The van der Waals surface area contributed by atoms with Crippen LogP contribution >= 0.6 is 0 Å². The second kappa shape index (κ2) is 4.57. The second-order valence-electron chi connectivity index (χ2n) is 2.28. The molecule has 0 aliphatic heterocycles. The molecule has 0 amide bonds. The summed E-state index contributed by atoms with van der Waals surface area (Å²) in [5.41, 5.74) is 1.10. The first-order chi connectivity index (χ1) is 4.22. The van der Waals surface area contributed by atoms with Gasteiger partial charge in [-0.3, -0.25) is 0 Å². The molecule has 0 aromatic rings. The fraction of sp³-hybridized carbons (Fsp3) is 0.750. The maximum Gasteiger partial charge on any atom is 0.0744 e. The molecule has 1 N–H and O–H groups in total. The van der Waals surface area contributed by atoms with E-state index in [0.717, 1.165) is 18.4 Å². The number of rotatable bonds is 3. The lowest BCUT2D eigenvalue weighted by Crippen LogP contribution is -2.05. The zero-order valence-electron chi connectivity index (χ0n) is 6.52. The van der Waals surface area contributed by atoms with E-state index in [2.05, 4.69) is 13.0 Å². The van der Waals surface area contributed by atoms with Gasteiger partial charge in [-0.2, -0.15) is 0 Å². The fourth-order valence-electron chi connectivity index (χ4n) is 0.780. The molecule has 0 bridgehead atoms. The average Bonchev–Trinajstić information content (AvgIpc) is 1.87. The largest absolute Gasteiger partial charge is 0.389 e. The molecule has 54 valence electrons. The smallest absolute Gasteiger partial charge is 0.0744 e. The number of allylic oxidation sites excluding steroid dienone is 1. The van der Waals surface area contributed by atoms with Crippen molar-refractivity contribution in [1.82, 2.24) is 0 Å². The lowest BCUT2D eigenvalue weighted by Gasteiger charge is -2.06. The summed E-state index contributed by atoms with van der Waals surface area (Å²) in [4.78, 5) is 0. The van der Waals surface area contributed by atoms with Gasteiger partial charge in [0, 0.05) is 0 Å². The van der Waals surface area contributed by atoms with Gasteiger partial charge in [-0.15, -0.1) is 0 Å². The van der Waals surface area contributed by atoms with Crippen molar-refractivity contribution >= 4 is 0 Å². The Hall–Kier alpha value is -0.300. The molecule has 0 saturated carbocycles. The summed E-state index contributed by atoms with van der Waals surface area (Å²) in [5.74, 6) is 0. The van der Waals surface area contributed by atoms with Crippen LogP contribution in [0.4, 0.5) is 0 Å². The van der Waals surface area contributed by atoms with Crippen LogP contribution in [0.3, 0.4) is 0 Å². The number of aliphatic hydroxyl groups is 1. The Labute approximate surface area is 57.4 Å². The van der Waals surface area contributed by atoms with Gasteiger partial charge in [-0.05, 0) is 25.3 Å². The van der Waals surface area contributed by atoms with Gasteiger partial charge >= 0.3 is 0 Å². The molecule has 0 aliphatic rings. The molecule has 0 unspecified atom stereocenters. The highest BCUT2D eigenvalue weighted by Gasteiger charge is 1.99. The van der Waals surface area contributed by atoms with Gasteiger partial charge in [0.25, 0.3) is 0 Å². The molecule has 9 heavy (non-hydrogen) atoms. The first kappa shape index (κ1) is 8.70. The Balaban J connectivity index is 3.70. The standard InChI is InChI=1S/C8H16O/c1-4-6-7(3)8(9)5-2/h6,8-9H,4-5H2,1-3H3/b7-6-/t8-/m1/s1. The van der Waals surface area contributed by atoms with E-state index in [-0.39, 0.29) is 6.10 Å². The predicted octanol–water partition coefficient (Wildman–Crippen LogP) is 2.11. The van der Waals surface area contributed by atoms with E-state index < -0.39 is 0 Å². The van der Waals surface area contributed by atoms with Crippen LogP contribution in [-0.2, 0) is 0 Å². The maximum atomic E-state index is 9.19. The lowest BCUT2D eigenvalue weighted by atomic mass is 10.1. The molecule has 1 atom stereocenters. The van der Waals surface area contributed by atoms with E-state index in [1.54, 1.807) is 0 Å². The predicted molar refractivity (Wildman–Crippen MR) is 40.3 cm³/mol.